The molecule has 0 aromatic heterocycles. The summed E-state index contributed by atoms with van der Waals surface area (Å²) in [7, 11) is 2.48. The molecule has 0 aliphatic rings. The van der Waals surface area contributed by atoms with E-state index in [4.69, 9.17) is 4.74 Å². The number of carbonyl (C=O) groups excluding carboxylic acids is 2. The molecule has 2 aromatic carbocycles. The third kappa shape index (κ3) is 2.81. The Hall–Kier alpha value is -2.76. The van der Waals surface area contributed by atoms with Gasteiger partial charge >= 0.3 is 5.97 Å². The van der Waals surface area contributed by atoms with E-state index in [-0.39, 0.29) is 16.9 Å². The van der Waals surface area contributed by atoms with Crippen molar-refractivity contribution in [2.45, 2.75) is 0 Å². The van der Waals surface area contributed by atoms with Gasteiger partial charge < -0.3 is 9.47 Å². The maximum Gasteiger partial charge on any atom is 0.337 e. The zero-order chi connectivity index (χ0) is 16.3. The number of hydrogen-bond acceptors (Lipinski definition) is 4. The lowest BCUT2D eigenvalue weighted by atomic mass is 10.0. The van der Waals surface area contributed by atoms with Crippen LogP contribution < -0.4 is 4.74 Å². The summed E-state index contributed by atoms with van der Waals surface area (Å²) in [5, 5.41) is 0. The largest absolute Gasteiger partial charge is 0.496 e. The standard InChI is InChI=1S/C16H12F2O4/c1-21-12-8-7-11(17)14(18)13(12)15(19)9-3-5-10(6-4-9)16(20)22-2/h3-8H,1-2H3. The fraction of sp³-hybridized carbons (Fsp3) is 0.125. The summed E-state index contributed by atoms with van der Waals surface area (Å²) < 4.78 is 36.7. The van der Waals surface area contributed by atoms with Crippen molar-refractivity contribution in [1.29, 1.82) is 0 Å². The molecular formula is C16H12F2O4. The molecule has 0 N–H and O–H groups in total. The first kappa shape index (κ1) is 15.6. The number of esters is 1. The quantitative estimate of drug-likeness (QED) is 0.643. The fourth-order valence-electron chi connectivity index (χ4n) is 1.93. The lowest BCUT2D eigenvalue weighted by Crippen LogP contribution is -2.09. The van der Waals surface area contributed by atoms with Crippen LogP contribution in [0, 0.1) is 11.6 Å². The van der Waals surface area contributed by atoms with Gasteiger partial charge in [0.2, 0.25) is 0 Å². The lowest BCUT2D eigenvalue weighted by molar-refractivity contribution is 0.0600. The molecule has 4 nitrogen and oxygen atoms in total. The van der Waals surface area contributed by atoms with Gasteiger partial charge in [-0.25, -0.2) is 13.6 Å². The van der Waals surface area contributed by atoms with Gasteiger partial charge in [-0.05, 0) is 24.3 Å². The van der Waals surface area contributed by atoms with Crippen molar-refractivity contribution in [3.05, 3.63) is 64.7 Å². The number of methoxy groups -OCH3 is 2. The molecule has 0 aliphatic carbocycles. The summed E-state index contributed by atoms with van der Waals surface area (Å²) in [6.07, 6.45) is 0. The molecule has 0 radical (unpaired) electrons. The van der Waals surface area contributed by atoms with Crippen molar-refractivity contribution in [1.82, 2.24) is 0 Å². The molecule has 0 saturated heterocycles. The van der Waals surface area contributed by atoms with Crippen molar-refractivity contribution < 1.29 is 27.8 Å². The van der Waals surface area contributed by atoms with Crippen molar-refractivity contribution in [2.24, 2.45) is 0 Å². The highest BCUT2D eigenvalue weighted by Gasteiger charge is 2.22. The fourth-order valence-corrected chi connectivity index (χ4v) is 1.93. The molecule has 114 valence electrons. The summed E-state index contributed by atoms with van der Waals surface area (Å²) in [4.78, 5) is 23.7. The van der Waals surface area contributed by atoms with Gasteiger partial charge in [0.25, 0.3) is 0 Å². The normalized spacial score (nSPS) is 10.2. The summed E-state index contributed by atoms with van der Waals surface area (Å²) in [6.45, 7) is 0. The molecule has 0 fully saturated rings. The van der Waals surface area contributed by atoms with Gasteiger partial charge in [-0.1, -0.05) is 12.1 Å². The maximum atomic E-state index is 13.9. The van der Waals surface area contributed by atoms with Gasteiger partial charge in [-0.15, -0.1) is 0 Å². The zero-order valence-corrected chi connectivity index (χ0v) is 11.9. The van der Waals surface area contributed by atoms with E-state index in [9.17, 15) is 18.4 Å². The minimum Gasteiger partial charge on any atom is -0.496 e. The smallest absolute Gasteiger partial charge is 0.337 e. The molecular weight excluding hydrogens is 294 g/mol. The Kier molecular flexibility index (Phi) is 4.50. The Balaban J connectivity index is 2.44. The Morgan fingerprint density at radius 3 is 2.05 bits per heavy atom. The van der Waals surface area contributed by atoms with Crippen molar-refractivity contribution in [3.63, 3.8) is 0 Å². The predicted molar refractivity (Wildman–Crippen MR) is 74.1 cm³/mol. The molecule has 22 heavy (non-hydrogen) atoms. The number of ether oxygens (including phenoxy) is 2. The summed E-state index contributed by atoms with van der Waals surface area (Å²) >= 11 is 0. The van der Waals surface area contributed by atoms with Crippen molar-refractivity contribution >= 4 is 11.8 Å². The monoisotopic (exact) mass is 306 g/mol. The van der Waals surface area contributed by atoms with Crippen molar-refractivity contribution in [2.75, 3.05) is 14.2 Å². The molecule has 0 bridgehead atoms. The van der Waals surface area contributed by atoms with Crippen LogP contribution in [0.2, 0.25) is 0 Å². The molecule has 0 heterocycles. The molecule has 2 rings (SSSR count). The Morgan fingerprint density at radius 1 is 0.909 bits per heavy atom. The molecule has 0 saturated carbocycles. The SMILES string of the molecule is COC(=O)c1ccc(C(=O)c2c(OC)ccc(F)c2F)cc1. The average Bonchev–Trinajstić information content (AvgIpc) is 2.56. The first-order chi connectivity index (χ1) is 10.5. The van der Waals surface area contributed by atoms with Crippen LogP contribution in [-0.2, 0) is 4.74 Å². The Bertz CT molecular complexity index is 724. The van der Waals surface area contributed by atoms with Crippen LogP contribution in [0.5, 0.6) is 5.75 Å². The van der Waals surface area contributed by atoms with Gasteiger partial charge in [-0.3, -0.25) is 4.79 Å². The lowest BCUT2D eigenvalue weighted by Gasteiger charge is -2.09. The van der Waals surface area contributed by atoms with Gasteiger partial charge in [0, 0.05) is 5.56 Å². The van der Waals surface area contributed by atoms with Crippen LogP contribution in [0.4, 0.5) is 8.78 Å². The van der Waals surface area contributed by atoms with E-state index >= 15 is 0 Å². The molecule has 0 unspecified atom stereocenters. The minimum atomic E-state index is -1.28. The van der Waals surface area contributed by atoms with E-state index in [1.165, 1.54) is 44.6 Å². The summed E-state index contributed by atoms with van der Waals surface area (Å²) in [5.74, 6) is -3.79. The predicted octanol–water partition coefficient (Wildman–Crippen LogP) is 2.99. The topological polar surface area (TPSA) is 52.6 Å². The van der Waals surface area contributed by atoms with Gasteiger partial charge in [-0.2, -0.15) is 0 Å². The van der Waals surface area contributed by atoms with E-state index in [1.807, 2.05) is 0 Å². The van der Waals surface area contributed by atoms with E-state index in [1.54, 1.807) is 0 Å². The van der Waals surface area contributed by atoms with Crippen LogP contribution in [0.15, 0.2) is 36.4 Å². The highest BCUT2D eigenvalue weighted by atomic mass is 19.2. The molecule has 2 aromatic rings. The number of hydrogen-bond donors (Lipinski definition) is 0. The molecule has 0 aliphatic heterocycles. The van der Waals surface area contributed by atoms with Gasteiger partial charge in [0.05, 0.1) is 19.8 Å². The number of rotatable bonds is 4. The second kappa shape index (κ2) is 6.34. The summed E-state index contributed by atoms with van der Waals surface area (Å²) in [6, 6.07) is 7.45. The van der Waals surface area contributed by atoms with Crippen LogP contribution in [-0.4, -0.2) is 26.0 Å². The second-order valence-corrected chi connectivity index (χ2v) is 4.34. The minimum absolute atomic E-state index is 0.0686. The van der Waals surface area contributed by atoms with Crippen molar-refractivity contribution in [3.8, 4) is 5.75 Å². The average molecular weight is 306 g/mol. The van der Waals surface area contributed by atoms with Crippen LogP contribution in [0.3, 0.4) is 0 Å². The van der Waals surface area contributed by atoms with Gasteiger partial charge in [0.15, 0.2) is 17.4 Å². The van der Waals surface area contributed by atoms with E-state index in [2.05, 4.69) is 4.74 Å². The van der Waals surface area contributed by atoms with E-state index in [0.717, 1.165) is 6.07 Å². The molecule has 0 spiro atoms. The van der Waals surface area contributed by atoms with E-state index < -0.39 is 29.0 Å². The third-order valence-corrected chi connectivity index (χ3v) is 3.07. The molecule has 6 heteroatoms. The third-order valence-electron chi connectivity index (χ3n) is 3.07. The molecule has 0 amide bonds. The van der Waals surface area contributed by atoms with Crippen LogP contribution >= 0.6 is 0 Å². The Labute approximate surface area is 125 Å². The summed E-state index contributed by atoms with van der Waals surface area (Å²) in [5.41, 5.74) is -0.158. The molecule has 0 atom stereocenters. The number of carbonyl (C=O) groups is 2. The highest BCUT2D eigenvalue weighted by Crippen LogP contribution is 2.26. The first-order valence-corrected chi connectivity index (χ1v) is 6.24. The van der Waals surface area contributed by atoms with Crippen LogP contribution in [0.25, 0.3) is 0 Å². The number of benzene rings is 2. The first-order valence-electron chi connectivity index (χ1n) is 6.24. The highest BCUT2D eigenvalue weighted by molar-refractivity contribution is 6.11. The van der Waals surface area contributed by atoms with E-state index in [0.29, 0.717) is 0 Å². The van der Waals surface area contributed by atoms with Gasteiger partial charge in [0.1, 0.15) is 11.3 Å². The number of ketones is 1. The number of halogens is 2. The Morgan fingerprint density at radius 2 is 1.50 bits per heavy atom. The second-order valence-electron chi connectivity index (χ2n) is 4.34. The maximum absolute atomic E-state index is 13.9. The zero-order valence-electron chi connectivity index (χ0n) is 11.9. The van der Waals surface area contributed by atoms with Crippen LogP contribution in [0.1, 0.15) is 26.3 Å².